The molecule has 0 aliphatic rings. The number of anilines is 1. The quantitative estimate of drug-likeness (QED) is 0.861. The number of aromatic nitrogens is 2. The number of nitrogens with zero attached hydrogens (tertiary/aromatic N) is 2. The molecule has 0 aliphatic carbocycles. The molecule has 0 spiro atoms. The van der Waals surface area contributed by atoms with E-state index in [4.69, 9.17) is 0 Å². The summed E-state index contributed by atoms with van der Waals surface area (Å²) in [4.78, 5) is 19.7. The maximum Gasteiger partial charge on any atom is 0.258 e. The molecule has 86 valence electrons. The molecule has 5 heteroatoms. The highest BCUT2D eigenvalue weighted by Crippen LogP contribution is 2.06. The summed E-state index contributed by atoms with van der Waals surface area (Å²) >= 11 is 0. The Morgan fingerprint density at radius 3 is 2.59 bits per heavy atom. The standard InChI is InChI=1S/C12H10FN3O/c1-8-6-7-14-12(15-8)16-11(17)9-2-4-10(13)5-3-9/h2-7H,1H3,(H,14,15,16,17). The van der Waals surface area contributed by atoms with Gasteiger partial charge in [-0.15, -0.1) is 0 Å². The van der Waals surface area contributed by atoms with Crippen LogP contribution < -0.4 is 5.32 Å². The van der Waals surface area contributed by atoms with E-state index in [0.717, 1.165) is 5.69 Å². The van der Waals surface area contributed by atoms with Crippen molar-refractivity contribution in [2.75, 3.05) is 5.32 Å². The number of carbonyl (C=O) groups is 1. The molecule has 1 N–H and O–H groups in total. The van der Waals surface area contributed by atoms with Crippen LogP contribution in [0, 0.1) is 12.7 Å². The second-order valence-corrected chi connectivity index (χ2v) is 3.48. The third-order valence-corrected chi connectivity index (χ3v) is 2.13. The first-order chi connectivity index (χ1) is 8.15. The highest BCUT2D eigenvalue weighted by Gasteiger charge is 2.07. The highest BCUT2D eigenvalue weighted by molar-refractivity contribution is 6.03. The summed E-state index contributed by atoms with van der Waals surface area (Å²) in [7, 11) is 0. The molecule has 0 saturated carbocycles. The number of hydrogen-bond donors (Lipinski definition) is 1. The molecule has 1 aromatic carbocycles. The number of aryl methyl sites for hydroxylation is 1. The van der Waals surface area contributed by atoms with E-state index in [9.17, 15) is 9.18 Å². The van der Waals surface area contributed by atoms with Gasteiger partial charge in [-0.3, -0.25) is 10.1 Å². The number of amides is 1. The molecular weight excluding hydrogens is 221 g/mol. The third kappa shape index (κ3) is 2.84. The molecule has 1 aromatic heterocycles. The average Bonchev–Trinajstić information content (AvgIpc) is 2.29. The predicted octanol–water partition coefficient (Wildman–Crippen LogP) is 2.18. The number of carbonyl (C=O) groups excluding carboxylic acids is 1. The summed E-state index contributed by atoms with van der Waals surface area (Å²) in [6.07, 6.45) is 1.56. The Morgan fingerprint density at radius 1 is 1.24 bits per heavy atom. The number of nitrogens with one attached hydrogen (secondary N) is 1. The second-order valence-electron chi connectivity index (χ2n) is 3.48. The monoisotopic (exact) mass is 231 g/mol. The van der Waals surface area contributed by atoms with Crippen molar-refractivity contribution in [3.05, 3.63) is 53.6 Å². The molecule has 4 nitrogen and oxygen atoms in total. The van der Waals surface area contributed by atoms with Crippen molar-refractivity contribution in [2.45, 2.75) is 6.92 Å². The van der Waals surface area contributed by atoms with Crippen molar-refractivity contribution in [3.63, 3.8) is 0 Å². The third-order valence-electron chi connectivity index (χ3n) is 2.13. The van der Waals surface area contributed by atoms with Gasteiger partial charge >= 0.3 is 0 Å². The van der Waals surface area contributed by atoms with Gasteiger partial charge in [-0.05, 0) is 37.3 Å². The lowest BCUT2D eigenvalue weighted by Gasteiger charge is -2.03. The maximum absolute atomic E-state index is 12.7. The largest absolute Gasteiger partial charge is 0.290 e. The van der Waals surface area contributed by atoms with Gasteiger partial charge in [0.25, 0.3) is 5.91 Å². The van der Waals surface area contributed by atoms with Gasteiger partial charge in [0.05, 0.1) is 0 Å². The molecule has 1 heterocycles. The van der Waals surface area contributed by atoms with E-state index < -0.39 is 0 Å². The summed E-state index contributed by atoms with van der Waals surface area (Å²) in [6.45, 7) is 1.80. The van der Waals surface area contributed by atoms with Crippen molar-refractivity contribution in [3.8, 4) is 0 Å². The summed E-state index contributed by atoms with van der Waals surface area (Å²) in [5, 5.41) is 2.53. The Labute approximate surface area is 97.5 Å². The minimum absolute atomic E-state index is 0.235. The minimum Gasteiger partial charge on any atom is -0.290 e. The highest BCUT2D eigenvalue weighted by atomic mass is 19.1. The zero-order valence-electron chi connectivity index (χ0n) is 9.14. The van der Waals surface area contributed by atoms with Crippen LogP contribution in [0.4, 0.5) is 10.3 Å². The maximum atomic E-state index is 12.7. The fraction of sp³-hybridized carbons (Fsp3) is 0.0833. The Balaban J connectivity index is 2.14. The first-order valence-corrected chi connectivity index (χ1v) is 5.02. The Bertz CT molecular complexity index is 540. The van der Waals surface area contributed by atoms with E-state index in [1.807, 2.05) is 0 Å². The lowest BCUT2D eigenvalue weighted by Crippen LogP contribution is -2.14. The van der Waals surface area contributed by atoms with E-state index in [-0.39, 0.29) is 17.7 Å². The van der Waals surface area contributed by atoms with E-state index in [2.05, 4.69) is 15.3 Å². The van der Waals surface area contributed by atoms with Crippen LogP contribution in [-0.4, -0.2) is 15.9 Å². The average molecular weight is 231 g/mol. The Kier molecular flexibility index (Phi) is 3.09. The van der Waals surface area contributed by atoms with Crippen molar-refractivity contribution in [2.24, 2.45) is 0 Å². The molecule has 0 unspecified atom stereocenters. The van der Waals surface area contributed by atoms with Gasteiger partial charge in [0.2, 0.25) is 5.95 Å². The van der Waals surface area contributed by atoms with Crippen molar-refractivity contribution in [1.29, 1.82) is 0 Å². The molecule has 1 amide bonds. The molecule has 0 atom stereocenters. The van der Waals surface area contributed by atoms with Gasteiger partial charge in [0.1, 0.15) is 5.82 Å². The van der Waals surface area contributed by atoms with E-state index >= 15 is 0 Å². The molecule has 2 aromatic rings. The SMILES string of the molecule is Cc1ccnc(NC(=O)c2ccc(F)cc2)n1. The zero-order valence-corrected chi connectivity index (χ0v) is 9.14. The normalized spacial score (nSPS) is 10.0. The number of halogens is 1. The lowest BCUT2D eigenvalue weighted by atomic mass is 10.2. The molecule has 0 fully saturated rings. The second kappa shape index (κ2) is 4.69. The summed E-state index contributed by atoms with van der Waals surface area (Å²) in [5.74, 6) is -0.511. The fourth-order valence-electron chi connectivity index (χ4n) is 1.28. The topological polar surface area (TPSA) is 54.9 Å². The van der Waals surface area contributed by atoms with Gasteiger partial charge < -0.3 is 0 Å². The van der Waals surface area contributed by atoms with Crippen LogP contribution in [-0.2, 0) is 0 Å². The molecule has 0 aliphatic heterocycles. The van der Waals surface area contributed by atoms with Gasteiger partial charge in [-0.2, -0.15) is 0 Å². The van der Waals surface area contributed by atoms with Crippen LogP contribution in [0.2, 0.25) is 0 Å². The van der Waals surface area contributed by atoms with Crippen molar-refractivity contribution < 1.29 is 9.18 Å². The van der Waals surface area contributed by atoms with Crippen LogP contribution in [0.3, 0.4) is 0 Å². The van der Waals surface area contributed by atoms with Crippen LogP contribution in [0.15, 0.2) is 36.5 Å². The Hall–Kier alpha value is -2.30. The number of benzene rings is 1. The Morgan fingerprint density at radius 2 is 1.94 bits per heavy atom. The zero-order chi connectivity index (χ0) is 12.3. The van der Waals surface area contributed by atoms with Gasteiger partial charge in [-0.25, -0.2) is 14.4 Å². The molecule has 2 rings (SSSR count). The van der Waals surface area contributed by atoms with Crippen LogP contribution in [0.25, 0.3) is 0 Å². The lowest BCUT2D eigenvalue weighted by molar-refractivity contribution is 0.102. The van der Waals surface area contributed by atoms with Crippen LogP contribution >= 0.6 is 0 Å². The first-order valence-electron chi connectivity index (χ1n) is 5.02. The molecule has 0 radical (unpaired) electrons. The summed E-state index contributed by atoms with van der Waals surface area (Å²) in [5.41, 5.74) is 1.12. The van der Waals surface area contributed by atoms with Crippen LogP contribution in [0.1, 0.15) is 16.1 Å². The summed E-state index contributed by atoms with van der Waals surface area (Å²) < 4.78 is 12.7. The molecule has 0 bridgehead atoms. The number of rotatable bonds is 2. The van der Waals surface area contributed by atoms with Gasteiger partial charge in [0, 0.05) is 17.5 Å². The first kappa shape index (κ1) is 11.2. The van der Waals surface area contributed by atoms with Crippen molar-refractivity contribution >= 4 is 11.9 Å². The van der Waals surface area contributed by atoms with E-state index in [0.29, 0.717) is 5.56 Å². The van der Waals surface area contributed by atoms with Crippen LogP contribution in [0.5, 0.6) is 0 Å². The molecular formula is C12H10FN3O. The number of hydrogen-bond acceptors (Lipinski definition) is 3. The van der Waals surface area contributed by atoms with Gasteiger partial charge in [-0.1, -0.05) is 0 Å². The smallest absolute Gasteiger partial charge is 0.258 e. The van der Waals surface area contributed by atoms with E-state index in [1.165, 1.54) is 24.3 Å². The van der Waals surface area contributed by atoms with Gasteiger partial charge in [0.15, 0.2) is 0 Å². The van der Waals surface area contributed by atoms with Crippen molar-refractivity contribution in [1.82, 2.24) is 9.97 Å². The minimum atomic E-state index is -0.381. The molecule has 0 saturated heterocycles. The van der Waals surface area contributed by atoms with E-state index in [1.54, 1.807) is 19.2 Å². The molecule has 17 heavy (non-hydrogen) atoms. The predicted molar refractivity (Wildman–Crippen MR) is 61.1 cm³/mol. The fourth-order valence-corrected chi connectivity index (χ4v) is 1.28. The summed E-state index contributed by atoms with van der Waals surface area (Å²) in [6, 6.07) is 6.99.